The summed E-state index contributed by atoms with van der Waals surface area (Å²) in [6.07, 6.45) is -0.578. The summed E-state index contributed by atoms with van der Waals surface area (Å²) in [5.41, 5.74) is 0.804. The topological polar surface area (TPSA) is 53.0 Å². The van der Waals surface area contributed by atoms with Gasteiger partial charge in [0, 0.05) is 44.7 Å². The Morgan fingerprint density at radius 3 is 2.73 bits per heavy atom. The van der Waals surface area contributed by atoms with Gasteiger partial charge in [-0.25, -0.2) is 0 Å². The molecule has 118 valence electrons. The van der Waals surface area contributed by atoms with Crippen LogP contribution in [0, 0.1) is 11.8 Å². The fourth-order valence-electron chi connectivity index (χ4n) is 2.28. The van der Waals surface area contributed by atoms with Gasteiger partial charge in [-0.05, 0) is 12.1 Å². The number of amides is 1. The van der Waals surface area contributed by atoms with E-state index < -0.39 is 6.10 Å². The Hall–Kier alpha value is -1.87. The van der Waals surface area contributed by atoms with Crippen molar-refractivity contribution in [1.82, 2.24) is 9.80 Å². The maximum absolute atomic E-state index is 12.0. The van der Waals surface area contributed by atoms with Gasteiger partial charge in [-0.15, -0.1) is 0 Å². The van der Waals surface area contributed by atoms with Crippen LogP contribution in [0.3, 0.4) is 0 Å². The van der Waals surface area contributed by atoms with Gasteiger partial charge in [-0.3, -0.25) is 9.69 Å². The molecule has 1 saturated heterocycles. The van der Waals surface area contributed by atoms with E-state index in [2.05, 4.69) is 16.7 Å². The van der Waals surface area contributed by atoms with E-state index in [-0.39, 0.29) is 12.5 Å². The largest absolute Gasteiger partial charge is 0.390 e. The lowest BCUT2D eigenvalue weighted by Gasteiger charge is -2.29. The van der Waals surface area contributed by atoms with Gasteiger partial charge in [0.2, 0.25) is 0 Å². The fraction of sp³-hybridized carbons (Fsp3) is 0.471. The highest BCUT2D eigenvalue weighted by molar-refractivity contribution is 5.93. The molecule has 0 spiro atoms. The normalized spacial score (nSPS) is 16.5. The third-order valence-electron chi connectivity index (χ3n) is 3.49. The molecule has 1 N–H and O–H groups in total. The smallest absolute Gasteiger partial charge is 0.298 e. The van der Waals surface area contributed by atoms with Crippen molar-refractivity contribution in [2.45, 2.75) is 6.10 Å². The number of morpholine rings is 1. The van der Waals surface area contributed by atoms with Crippen LogP contribution in [0.15, 0.2) is 30.3 Å². The van der Waals surface area contributed by atoms with Crippen LogP contribution in [0.4, 0.5) is 0 Å². The Balaban J connectivity index is 1.79. The van der Waals surface area contributed by atoms with E-state index >= 15 is 0 Å². The Labute approximate surface area is 131 Å². The van der Waals surface area contributed by atoms with Crippen molar-refractivity contribution < 1.29 is 14.6 Å². The number of β-amino-alcohol motifs (C(OH)–C–C–N with tert-alkyl or cyclic N) is 1. The Bertz CT molecular complexity index is 530. The molecular formula is C17H22N2O3. The third-order valence-corrected chi connectivity index (χ3v) is 3.49. The van der Waals surface area contributed by atoms with Gasteiger partial charge in [-0.1, -0.05) is 24.1 Å². The molecule has 1 fully saturated rings. The second-order valence-electron chi connectivity index (χ2n) is 5.37. The van der Waals surface area contributed by atoms with Crippen LogP contribution in [0.1, 0.15) is 5.56 Å². The van der Waals surface area contributed by atoms with Gasteiger partial charge in [0.15, 0.2) is 0 Å². The van der Waals surface area contributed by atoms with Crippen molar-refractivity contribution in [2.24, 2.45) is 0 Å². The average molecular weight is 302 g/mol. The average Bonchev–Trinajstić information content (AvgIpc) is 2.54. The lowest BCUT2D eigenvalue weighted by Crippen LogP contribution is -2.44. The Morgan fingerprint density at radius 2 is 2.05 bits per heavy atom. The van der Waals surface area contributed by atoms with Crippen LogP contribution >= 0.6 is 0 Å². The summed E-state index contributed by atoms with van der Waals surface area (Å²) in [6.45, 7) is 3.87. The highest BCUT2D eigenvalue weighted by atomic mass is 16.5. The van der Waals surface area contributed by atoms with Crippen molar-refractivity contribution >= 4 is 5.91 Å². The second kappa shape index (κ2) is 8.54. The zero-order valence-corrected chi connectivity index (χ0v) is 12.9. The molecule has 0 aromatic heterocycles. The van der Waals surface area contributed by atoms with E-state index in [0.717, 1.165) is 18.7 Å². The lowest BCUT2D eigenvalue weighted by atomic mass is 10.2. The van der Waals surface area contributed by atoms with Gasteiger partial charge in [0.25, 0.3) is 5.91 Å². The SMILES string of the molecule is CN(C[C@H](O)CN1CCOCC1)C(=O)C#Cc1ccccc1. The lowest BCUT2D eigenvalue weighted by molar-refractivity contribution is -0.125. The molecule has 5 heteroatoms. The summed E-state index contributed by atoms with van der Waals surface area (Å²) in [4.78, 5) is 15.6. The Morgan fingerprint density at radius 1 is 1.36 bits per heavy atom. The Kier molecular flexibility index (Phi) is 6.41. The zero-order valence-electron chi connectivity index (χ0n) is 12.9. The van der Waals surface area contributed by atoms with E-state index in [9.17, 15) is 9.90 Å². The monoisotopic (exact) mass is 302 g/mol. The number of carbonyl (C=O) groups excluding carboxylic acids is 1. The summed E-state index contributed by atoms with van der Waals surface area (Å²) >= 11 is 0. The van der Waals surface area contributed by atoms with E-state index in [1.807, 2.05) is 30.3 Å². The predicted octanol–water partition coefficient (Wildman–Crippen LogP) is 0.190. The van der Waals surface area contributed by atoms with Gasteiger partial charge in [0.05, 0.1) is 19.3 Å². The van der Waals surface area contributed by atoms with Gasteiger partial charge in [-0.2, -0.15) is 0 Å². The molecule has 0 radical (unpaired) electrons. The van der Waals surface area contributed by atoms with Crippen LogP contribution in [-0.4, -0.2) is 73.4 Å². The highest BCUT2D eigenvalue weighted by Crippen LogP contribution is 2.00. The molecule has 0 aliphatic carbocycles. The second-order valence-corrected chi connectivity index (χ2v) is 5.37. The highest BCUT2D eigenvalue weighted by Gasteiger charge is 2.17. The molecule has 2 rings (SSSR count). The quantitative estimate of drug-likeness (QED) is 0.807. The number of likely N-dealkylation sites (N-methyl/N-ethyl adjacent to an activating group) is 1. The maximum atomic E-state index is 12.0. The van der Waals surface area contributed by atoms with Crippen molar-refractivity contribution in [3.8, 4) is 11.8 Å². The zero-order chi connectivity index (χ0) is 15.8. The van der Waals surface area contributed by atoms with Crippen LogP contribution < -0.4 is 0 Å². The molecule has 1 aromatic rings. The number of hydrogen-bond acceptors (Lipinski definition) is 4. The molecule has 1 aromatic carbocycles. The van der Waals surface area contributed by atoms with E-state index in [4.69, 9.17) is 4.74 Å². The molecule has 0 saturated carbocycles. The third kappa shape index (κ3) is 5.49. The molecule has 1 aliphatic heterocycles. The number of carbonyl (C=O) groups is 1. The first-order valence-corrected chi connectivity index (χ1v) is 7.45. The predicted molar refractivity (Wildman–Crippen MR) is 84.2 cm³/mol. The van der Waals surface area contributed by atoms with Crippen LogP contribution in [0.2, 0.25) is 0 Å². The molecule has 0 unspecified atom stereocenters. The number of aliphatic hydroxyl groups is 1. The van der Waals surface area contributed by atoms with E-state index in [1.54, 1.807) is 7.05 Å². The van der Waals surface area contributed by atoms with Gasteiger partial charge >= 0.3 is 0 Å². The minimum absolute atomic E-state index is 0.277. The first-order chi connectivity index (χ1) is 10.6. The first-order valence-electron chi connectivity index (χ1n) is 7.45. The van der Waals surface area contributed by atoms with Crippen LogP contribution in [-0.2, 0) is 9.53 Å². The first kappa shape index (κ1) is 16.5. The number of rotatable bonds is 4. The van der Waals surface area contributed by atoms with Crippen molar-refractivity contribution in [3.05, 3.63) is 35.9 Å². The minimum atomic E-state index is -0.578. The number of aliphatic hydroxyl groups excluding tert-OH is 1. The molecule has 1 heterocycles. The summed E-state index contributed by atoms with van der Waals surface area (Å²) < 4.78 is 5.27. The van der Waals surface area contributed by atoms with Gasteiger partial charge < -0.3 is 14.7 Å². The van der Waals surface area contributed by atoms with Crippen molar-refractivity contribution in [2.75, 3.05) is 46.4 Å². The van der Waals surface area contributed by atoms with Crippen molar-refractivity contribution in [3.63, 3.8) is 0 Å². The molecule has 5 nitrogen and oxygen atoms in total. The summed E-state index contributed by atoms with van der Waals surface area (Å²) in [5, 5.41) is 10.1. The summed E-state index contributed by atoms with van der Waals surface area (Å²) in [6, 6.07) is 9.37. The number of benzene rings is 1. The van der Waals surface area contributed by atoms with Crippen LogP contribution in [0.5, 0.6) is 0 Å². The van der Waals surface area contributed by atoms with E-state index in [0.29, 0.717) is 19.8 Å². The molecule has 1 amide bonds. The minimum Gasteiger partial charge on any atom is -0.390 e. The number of hydrogen-bond donors (Lipinski definition) is 1. The summed E-state index contributed by atoms with van der Waals surface area (Å²) in [5.74, 6) is 5.14. The van der Waals surface area contributed by atoms with E-state index in [1.165, 1.54) is 4.90 Å². The molecule has 22 heavy (non-hydrogen) atoms. The number of nitrogens with zero attached hydrogens (tertiary/aromatic N) is 2. The maximum Gasteiger partial charge on any atom is 0.298 e. The van der Waals surface area contributed by atoms with Gasteiger partial charge in [0.1, 0.15) is 0 Å². The van der Waals surface area contributed by atoms with Crippen molar-refractivity contribution in [1.29, 1.82) is 0 Å². The van der Waals surface area contributed by atoms with Crippen LogP contribution in [0.25, 0.3) is 0 Å². The molecule has 0 bridgehead atoms. The molecular weight excluding hydrogens is 280 g/mol. The fourth-order valence-corrected chi connectivity index (χ4v) is 2.28. The number of ether oxygens (including phenoxy) is 1. The summed E-state index contributed by atoms with van der Waals surface area (Å²) in [7, 11) is 1.66. The molecule has 1 atom stereocenters. The molecule has 1 aliphatic rings. The standard InChI is InChI=1S/C17H22N2O3/c1-18(13-16(20)14-19-9-11-22-12-10-19)17(21)8-7-15-5-3-2-4-6-15/h2-6,16,20H,9-14H2,1H3/t16-/m0/s1.